The van der Waals surface area contributed by atoms with Crippen LogP contribution in [0.3, 0.4) is 0 Å². The van der Waals surface area contributed by atoms with Gasteiger partial charge in [0, 0.05) is 18.7 Å². The SMILES string of the molecule is O=C(CCNC(=O)Nc1ccccc1)Nc1ccccc1NS(=O)(=O)c1ccccc1. The fourth-order valence-electron chi connectivity index (χ4n) is 2.68. The lowest BCUT2D eigenvalue weighted by Gasteiger charge is -2.14. The second-order valence-corrected chi connectivity index (χ2v) is 8.19. The average Bonchev–Trinajstić information content (AvgIpc) is 2.76. The molecule has 0 aliphatic heterocycles. The summed E-state index contributed by atoms with van der Waals surface area (Å²) in [5.74, 6) is -0.369. The van der Waals surface area contributed by atoms with Crippen LogP contribution >= 0.6 is 0 Å². The van der Waals surface area contributed by atoms with Crippen molar-refractivity contribution in [2.45, 2.75) is 11.3 Å². The molecule has 0 spiro atoms. The number of sulfonamides is 1. The Labute approximate surface area is 180 Å². The quantitative estimate of drug-likeness (QED) is 0.430. The smallest absolute Gasteiger partial charge is 0.319 e. The number of para-hydroxylation sites is 3. The van der Waals surface area contributed by atoms with Crippen molar-refractivity contribution < 1.29 is 18.0 Å². The maximum absolute atomic E-state index is 12.6. The van der Waals surface area contributed by atoms with E-state index >= 15 is 0 Å². The van der Waals surface area contributed by atoms with Crippen molar-refractivity contribution in [2.75, 3.05) is 21.9 Å². The molecule has 3 amide bonds. The summed E-state index contributed by atoms with van der Waals surface area (Å²) >= 11 is 0. The molecule has 0 atom stereocenters. The number of carbonyl (C=O) groups excluding carboxylic acids is 2. The molecule has 0 aliphatic rings. The van der Waals surface area contributed by atoms with E-state index in [9.17, 15) is 18.0 Å². The standard InChI is InChI=1S/C22H22N4O4S/c27-21(15-16-23-22(28)24-17-9-3-1-4-10-17)25-19-13-7-8-14-20(19)26-31(29,30)18-11-5-2-6-12-18/h1-14,26H,15-16H2,(H,25,27)(H2,23,24,28). The second kappa shape index (κ2) is 10.3. The zero-order chi connectivity index (χ0) is 22.1. The van der Waals surface area contributed by atoms with Gasteiger partial charge in [-0.15, -0.1) is 0 Å². The third kappa shape index (κ3) is 6.58. The summed E-state index contributed by atoms with van der Waals surface area (Å²) in [5, 5.41) is 7.93. The molecule has 3 aromatic rings. The lowest BCUT2D eigenvalue weighted by molar-refractivity contribution is -0.116. The molecule has 0 unspecified atom stereocenters. The van der Waals surface area contributed by atoms with Gasteiger partial charge in [-0.3, -0.25) is 9.52 Å². The van der Waals surface area contributed by atoms with Crippen molar-refractivity contribution in [3.63, 3.8) is 0 Å². The molecule has 3 rings (SSSR count). The molecule has 0 heterocycles. The minimum atomic E-state index is -3.80. The highest BCUT2D eigenvalue weighted by atomic mass is 32.2. The lowest BCUT2D eigenvalue weighted by Crippen LogP contribution is -2.31. The van der Waals surface area contributed by atoms with Gasteiger partial charge < -0.3 is 16.0 Å². The van der Waals surface area contributed by atoms with Gasteiger partial charge >= 0.3 is 6.03 Å². The third-order valence-electron chi connectivity index (χ3n) is 4.17. The number of carbonyl (C=O) groups is 2. The molecule has 0 aliphatic carbocycles. The Hall–Kier alpha value is -3.85. The van der Waals surface area contributed by atoms with Crippen LogP contribution in [0.2, 0.25) is 0 Å². The van der Waals surface area contributed by atoms with Crippen LogP contribution in [0.15, 0.2) is 89.8 Å². The molecule has 8 nitrogen and oxygen atoms in total. The van der Waals surface area contributed by atoms with Crippen LogP contribution in [0.5, 0.6) is 0 Å². The van der Waals surface area contributed by atoms with Gasteiger partial charge in [-0.1, -0.05) is 48.5 Å². The molecule has 160 valence electrons. The topological polar surface area (TPSA) is 116 Å². The molecule has 0 fully saturated rings. The van der Waals surface area contributed by atoms with Crippen LogP contribution in [0.25, 0.3) is 0 Å². The zero-order valence-electron chi connectivity index (χ0n) is 16.5. The van der Waals surface area contributed by atoms with Gasteiger partial charge in [-0.2, -0.15) is 0 Å². The van der Waals surface area contributed by atoms with Gasteiger partial charge in [0.15, 0.2) is 0 Å². The maximum atomic E-state index is 12.6. The summed E-state index contributed by atoms with van der Waals surface area (Å²) in [4.78, 5) is 24.3. The molecular formula is C22H22N4O4S. The van der Waals surface area contributed by atoms with Crippen molar-refractivity contribution in [3.05, 3.63) is 84.9 Å². The zero-order valence-corrected chi connectivity index (χ0v) is 17.4. The van der Waals surface area contributed by atoms with Crippen molar-refractivity contribution in [3.8, 4) is 0 Å². The Morgan fingerprint density at radius 2 is 1.29 bits per heavy atom. The first-order valence-corrected chi connectivity index (χ1v) is 11.0. The van der Waals surface area contributed by atoms with Crippen molar-refractivity contribution in [2.24, 2.45) is 0 Å². The number of nitrogens with one attached hydrogen (secondary N) is 4. The van der Waals surface area contributed by atoms with E-state index in [-0.39, 0.29) is 29.5 Å². The number of anilines is 3. The largest absolute Gasteiger partial charge is 0.337 e. The van der Waals surface area contributed by atoms with Gasteiger partial charge in [-0.25, -0.2) is 13.2 Å². The van der Waals surface area contributed by atoms with Crippen molar-refractivity contribution in [1.82, 2.24) is 5.32 Å². The van der Waals surface area contributed by atoms with Crippen LogP contribution in [0.4, 0.5) is 21.9 Å². The van der Waals surface area contributed by atoms with Gasteiger partial charge in [0.25, 0.3) is 10.0 Å². The monoisotopic (exact) mass is 438 g/mol. The number of benzene rings is 3. The summed E-state index contributed by atoms with van der Waals surface area (Å²) in [7, 11) is -3.80. The van der Waals surface area contributed by atoms with E-state index in [1.54, 1.807) is 66.7 Å². The van der Waals surface area contributed by atoms with Crippen LogP contribution in [-0.4, -0.2) is 26.9 Å². The van der Waals surface area contributed by atoms with Gasteiger partial charge in [-0.05, 0) is 36.4 Å². The Balaban J connectivity index is 1.54. The molecule has 0 aromatic heterocycles. The molecule has 3 aromatic carbocycles. The minimum absolute atomic E-state index is 0.0159. The average molecular weight is 439 g/mol. The summed E-state index contributed by atoms with van der Waals surface area (Å²) in [6.45, 7) is 0.114. The molecular weight excluding hydrogens is 416 g/mol. The first kappa shape index (κ1) is 21.8. The summed E-state index contributed by atoms with van der Waals surface area (Å²) < 4.78 is 27.6. The Morgan fingerprint density at radius 3 is 1.97 bits per heavy atom. The van der Waals surface area contributed by atoms with E-state index in [0.717, 1.165) is 0 Å². The van der Waals surface area contributed by atoms with Crippen LogP contribution < -0.4 is 20.7 Å². The Kier molecular flexibility index (Phi) is 7.23. The fourth-order valence-corrected chi connectivity index (χ4v) is 3.78. The predicted octanol–water partition coefficient (Wildman–Crippen LogP) is 3.64. The van der Waals surface area contributed by atoms with Crippen molar-refractivity contribution >= 4 is 39.0 Å². The molecule has 31 heavy (non-hydrogen) atoms. The number of urea groups is 1. The van der Waals surface area contributed by atoms with Gasteiger partial charge in [0.05, 0.1) is 16.3 Å². The van der Waals surface area contributed by atoms with Crippen LogP contribution in [0, 0.1) is 0 Å². The Bertz CT molecular complexity index is 1140. The van der Waals surface area contributed by atoms with E-state index in [4.69, 9.17) is 0 Å². The highest BCUT2D eigenvalue weighted by molar-refractivity contribution is 7.92. The molecule has 0 saturated heterocycles. The summed E-state index contributed by atoms with van der Waals surface area (Å²) in [5.41, 5.74) is 1.21. The number of amides is 3. The first-order chi connectivity index (χ1) is 14.9. The van der Waals surface area contributed by atoms with E-state index in [1.165, 1.54) is 12.1 Å². The number of rotatable bonds is 8. The number of hydrogen-bond donors (Lipinski definition) is 4. The third-order valence-corrected chi connectivity index (χ3v) is 5.55. The van der Waals surface area contributed by atoms with Crippen LogP contribution in [-0.2, 0) is 14.8 Å². The predicted molar refractivity (Wildman–Crippen MR) is 120 cm³/mol. The second-order valence-electron chi connectivity index (χ2n) is 6.51. The summed E-state index contributed by atoms with van der Waals surface area (Å²) in [6.07, 6.45) is 0.0159. The van der Waals surface area contributed by atoms with Crippen molar-refractivity contribution in [1.29, 1.82) is 0 Å². The maximum Gasteiger partial charge on any atom is 0.319 e. The summed E-state index contributed by atoms with van der Waals surface area (Å²) in [6, 6.07) is 22.9. The number of hydrogen-bond acceptors (Lipinski definition) is 4. The normalized spacial score (nSPS) is 10.7. The lowest BCUT2D eigenvalue weighted by atomic mass is 10.2. The van der Waals surface area contributed by atoms with Gasteiger partial charge in [0.2, 0.25) is 5.91 Å². The minimum Gasteiger partial charge on any atom is -0.337 e. The highest BCUT2D eigenvalue weighted by Crippen LogP contribution is 2.24. The van der Waals surface area contributed by atoms with E-state index in [0.29, 0.717) is 11.4 Å². The Morgan fingerprint density at radius 1 is 0.710 bits per heavy atom. The van der Waals surface area contributed by atoms with E-state index in [2.05, 4.69) is 20.7 Å². The van der Waals surface area contributed by atoms with Crippen LogP contribution in [0.1, 0.15) is 6.42 Å². The van der Waals surface area contributed by atoms with Gasteiger partial charge in [0.1, 0.15) is 0 Å². The molecule has 0 saturated carbocycles. The van der Waals surface area contributed by atoms with E-state index in [1.807, 2.05) is 6.07 Å². The van der Waals surface area contributed by atoms with E-state index < -0.39 is 16.1 Å². The highest BCUT2D eigenvalue weighted by Gasteiger charge is 2.16. The first-order valence-electron chi connectivity index (χ1n) is 9.51. The molecule has 0 radical (unpaired) electrons. The molecule has 0 bridgehead atoms. The fraction of sp³-hybridized carbons (Fsp3) is 0.0909. The molecule has 4 N–H and O–H groups in total. The molecule has 9 heteroatoms.